The molecule has 2 aromatic heterocycles. The van der Waals surface area contributed by atoms with E-state index in [1.54, 1.807) is 6.26 Å². The van der Waals surface area contributed by atoms with Gasteiger partial charge in [-0.25, -0.2) is 4.98 Å². The zero-order valence-electron chi connectivity index (χ0n) is 16.1. The van der Waals surface area contributed by atoms with E-state index in [4.69, 9.17) is 4.42 Å². The van der Waals surface area contributed by atoms with Gasteiger partial charge in [0.1, 0.15) is 5.82 Å². The molecule has 28 heavy (non-hydrogen) atoms. The summed E-state index contributed by atoms with van der Waals surface area (Å²) in [6, 6.07) is 3.64. The number of furan rings is 1. The summed E-state index contributed by atoms with van der Waals surface area (Å²) < 4.78 is 5.29. The lowest BCUT2D eigenvalue weighted by Crippen LogP contribution is -2.38. The fourth-order valence-corrected chi connectivity index (χ4v) is 2.96. The summed E-state index contributed by atoms with van der Waals surface area (Å²) in [6.07, 6.45) is 4.84. The highest BCUT2D eigenvalue weighted by Crippen LogP contribution is 2.14. The van der Waals surface area contributed by atoms with Crippen molar-refractivity contribution in [1.29, 1.82) is 0 Å². The van der Waals surface area contributed by atoms with Gasteiger partial charge in [0.2, 0.25) is 11.7 Å². The SMILES string of the molecule is CCNC(=NCCCN1CCCC1=O)NCCc1nc(-c2ccco2)n[nH]1.I. The molecular formula is C18H28IN7O2. The van der Waals surface area contributed by atoms with Crippen LogP contribution in [0.25, 0.3) is 11.6 Å². The monoisotopic (exact) mass is 501 g/mol. The Morgan fingerprint density at radius 2 is 2.32 bits per heavy atom. The smallest absolute Gasteiger partial charge is 0.222 e. The van der Waals surface area contributed by atoms with Crippen LogP contribution in [0.1, 0.15) is 32.0 Å². The maximum absolute atomic E-state index is 11.6. The topological polar surface area (TPSA) is 111 Å². The van der Waals surface area contributed by atoms with Gasteiger partial charge in [0.05, 0.1) is 6.26 Å². The van der Waals surface area contributed by atoms with E-state index in [-0.39, 0.29) is 29.9 Å². The Morgan fingerprint density at radius 3 is 3.04 bits per heavy atom. The van der Waals surface area contributed by atoms with E-state index in [0.717, 1.165) is 44.3 Å². The molecule has 1 aliphatic rings. The molecule has 1 saturated heterocycles. The number of halogens is 1. The van der Waals surface area contributed by atoms with Crippen molar-refractivity contribution in [2.45, 2.75) is 32.6 Å². The lowest BCUT2D eigenvalue weighted by Gasteiger charge is -2.15. The molecular weight excluding hydrogens is 473 g/mol. The Balaban J connectivity index is 0.00000280. The number of likely N-dealkylation sites (tertiary alicyclic amines) is 1. The van der Waals surface area contributed by atoms with Crippen molar-refractivity contribution in [1.82, 2.24) is 30.7 Å². The molecule has 0 spiro atoms. The quantitative estimate of drug-likeness (QED) is 0.209. The molecule has 3 rings (SSSR count). The minimum absolute atomic E-state index is 0. The first-order chi connectivity index (χ1) is 13.3. The van der Waals surface area contributed by atoms with Crippen LogP contribution in [0, 0.1) is 0 Å². The number of nitrogens with zero attached hydrogens (tertiary/aromatic N) is 4. The maximum atomic E-state index is 11.6. The first-order valence-corrected chi connectivity index (χ1v) is 9.51. The van der Waals surface area contributed by atoms with Crippen LogP contribution in [0.5, 0.6) is 0 Å². The third kappa shape index (κ3) is 6.50. The Morgan fingerprint density at radius 1 is 1.43 bits per heavy atom. The standard InChI is InChI=1S/C18H27N7O2.HI/c1-2-19-18(20-9-5-12-25-11-3-7-16(25)26)21-10-8-15-22-17(24-23-15)14-6-4-13-27-14;/h4,6,13H,2-3,5,7-12H2,1H3,(H2,19,20,21)(H,22,23,24);1H. The Labute approximate surface area is 181 Å². The number of hydrogen-bond donors (Lipinski definition) is 3. The van der Waals surface area contributed by atoms with Crippen molar-refractivity contribution in [2.75, 3.05) is 32.7 Å². The number of carbonyl (C=O) groups excluding carboxylic acids is 1. The molecule has 154 valence electrons. The molecule has 0 unspecified atom stereocenters. The number of H-pyrrole nitrogens is 1. The van der Waals surface area contributed by atoms with Gasteiger partial charge in [-0.1, -0.05) is 0 Å². The van der Waals surface area contributed by atoms with E-state index >= 15 is 0 Å². The van der Waals surface area contributed by atoms with E-state index in [1.165, 1.54) is 0 Å². The molecule has 1 amide bonds. The van der Waals surface area contributed by atoms with E-state index in [1.807, 2.05) is 24.0 Å². The summed E-state index contributed by atoms with van der Waals surface area (Å²) in [5, 5.41) is 13.6. The van der Waals surface area contributed by atoms with Crippen LogP contribution < -0.4 is 10.6 Å². The number of guanidine groups is 1. The van der Waals surface area contributed by atoms with Crippen LogP contribution in [0.15, 0.2) is 27.8 Å². The van der Waals surface area contributed by atoms with Gasteiger partial charge in [0.15, 0.2) is 11.7 Å². The molecule has 0 aromatic carbocycles. The van der Waals surface area contributed by atoms with Crippen molar-refractivity contribution in [3.63, 3.8) is 0 Å². The summed E-state index contributed by atoms with van der Waals surface area (Å²) in [6.45, 7) is 5.87. The maximum Gasteiger partial charge on any atom is 0.222 e. The van der Waals surface area contributed by atoms with Crippen LogP contribution >= 0.6 is 24.0 Å². The summed E-state index contributed by atoms with van der Waals surface area (Å²) in [5.41, 5.74) is 0. The highest BCUT2D eigenvalue weighted by atomic mass is 127. The molecule has 3 N–H and O–H groups in total. The van der Waals surface area contributed by atoms with Crippen molar-refractivity contribution >= 4 is 35.8 Å². The first kappa shape index (κ1) is 22.2. The van der Waals surface area contributed by atoms with Crippen LogP contribution in [0.2, 0.25) is 0 Å². The van der Waals surface area contributed by atoms with Crippen molar-refractivity contribution in [2.24, 2.45) is 4.99 Å². The molecule has 2 aromatic rings. The molecule has 0 atom stereocenters. The number of aliphatic imine (C=N–C) groups is 1. The largest absolute Gasteiger partial charge is 0.461 e. The predicted octanol–water partition coefficient (Wildman–Crippen LogP) is 1.79. The van der Waals surface area contributed by atoms with Gasteiger partial charge in [0.25, 0.3) is 0 Å². The second-order valence-electron chi connectivity index (χ2n) is 6.36. The van der Waals surface area contributed by atoms with Crippen LogP contribution in [0.3, 0.4) is 0 Å². The summed E-state index contributed by atoms with van der Waals surface area (Å²) in [5.74, 6) is 3.04. The molecule has 9 nitrogen and oxygen atoms in total. The number of aromatic nitrogens is 3. The highest BCUT2D eigenvalue weighted by Gasteiger charge is 2.18. The zero-order valence-corrected chi connectivity index (χ0v) is 18.4. The van der Waals surface area contributed by atoms with Gasteiger partial charge in [-0.05, 0) is 31.9 Å². The molecule has 0 bridgehead atoms. The minimum Gasteiger partial charge on any atom is -0.461 e. The second kappa shape index (κ2) is 11.7. The average molecular weight is 501 g/mol. The molecule has 1 fully saturated rings. The predicted molar refractivity (Wildman–Crippen MR) is 118 cm³/mol. The lowest BCUT2D eigenvalue weighted by molar-refractivity contribution is -0.127. The van der Waals surface area contributed by atoms with Gasteiger partial charge in [0, 0.05) is 45.6 Å². The fraction of sp³-hybridized carbons (Fsp3) is 0.556. The molecule has 0 radical (unpaired) electrons. The van der Waals surface area contributed by atoms with Gasteiger partial charge in [-0.15, -0.1) is 24.0 Å². The number of amides is 1. The molecule has 10 heteroatoms. The molecule has 3 heterocycles. The number of nitrogens with one attached hydrogen (secondary N) is 3. The Hall–Kier alpha value is -2.11. The van der Waals surface area contributed by atoms with Crippen molar-refractivity contribution < 1.29 is 9.21 Å². The van der Waals surface area contributed by atoms with Gasteiger partial charge < -0.3 is 20.0 Å². The zero-order chi connectivity index (χ0) is 18.9. The van der Waals surface area contributed by atoms with Gasteiger partial charge >= 0.3 is 0 Å². The summed E-state index contributed by atoms with van der Waals surface area (Å²) in [4.78, 5) is 22.5. The average Bonchev–Trinajstić information content (AvgIpc) is 3.41. The summed E-state index contributed by atoms with van der Waals surface area (Å²) >= 11 is 0. The third-order valence-electron chi connectivity index (χ3n) is 4.30. The van der Waals surface area contributed by atoms with Gasteiger partial charge in [-0.3, -0.25) is 14.9 Å². The Kier molecular flexibility index (Phi) is 9.24. The lowest BCUT2D eigenvalue weighted by atomic mass is 10.4. The van der Waals surface area contributed by atoms with E-state index in [2.05, 4.69) is 30.8 Å². The fourth-order valence-electron chi connectivity index (χ4n) is 2.96. The molecule has 1 aliphatic heterocycles. The second-order valence-corrected chi connectivity index (χ2v) is 6.36. The number of carbonyl (C=O) groups is 1. The number of aromatic amines is 1. The van der Waals surface area contributed by atoms with Crippen molar-refractivity contribution in [3.8, 4) is 11.6 Å². The number of rotatable bonds is 9. The first-order valence-electron chi connectivity index (χ1n) is 9.51. The minimum atomic E-state index is 0. The van der Waals surface area contributed by atoms with E-state index < -0.39 is 0 Å². The Bertz CT molecular complexity index is 745. The molecule has 0 saturated carbocycles. The van der Waals surface area contributed by atoms with E-state index in [0.29, 0.717) is 37.5 Å². The highest BCUT2D eigenvalue weighted by molar-refractivity contribution is 14.0. The van der Waals surface area contributed by atoms with Crippen LogP contribution in [-0.2, 0) is 11.2 Å². The van der Waals surface area contributed by atoms with Crippen LogP contribution in [-0.4, -0.2) is 64.7 Å². The molecule has 0 aliphatic carbocycles. The van der Waals surface area contributed by atoms with Crippen LogP contribution in [0.4, 0.5) is 0 Å². The normalized spacial score (nSPS) is 14.2. The number of hydrogen-bond acceptors (Lipinski definition) is 5. The third-order valence-corrected chi connectivity index (χ3v) is 4.30. The summed E-state index contributed by atoms with van der Waals surface area (Å²) in [7, 11) is 0. The van der Waals surface area contributed by atoms with Crippen molar-refractivity contribution in [3.05, 3.63) is 24.2 Å². The van der Waals surface area contributed by atoms with Gasteiger partial charge in [-0.2, -0.15) is 5.10 Å². The van der Waals surface area contributed by atoms with E-state index in [9.17, 15) is 4.79 Å².